The van der Waals surface area contributed by atoms with Crippen LogP contribution in [0, 0.1) is 0 Å². The average molecular weight is 278 g/mol. The highest BCUT2D eigenvalue weighted by Gasteiger charge is 2.11. The standard InChI is InChI=1S/C17H30N2O/c1-3-5-7-8-10-12-16(11-9-6-4-2)19-15-18-14-13-17(19)20/h13-16H,3-12H2,1-2H3. The van der Waals surface area contributed by atoms with Gasteiger partial charge in [-0.05, 0) is 12.8 Å². The molecule has 1 aromatic rings. The maximum absolute atomic E-state index is 12.0. The second kappa shape index (κ2) is 10.6. The molecule has 1 atom stereocenters. The lowest BCUT2D eigenvalue weighted by Crippen LogP contribution is -2.24. The third-order valence-corrected chi connectivity index (χ3v) is 3.92. The Kier molecular flexibility index (Phi) is 9.01. The fraction of sp³-hybridized carbons (Fsp3) is 0.765. The minimum Gasteiger partial charge on any atom is -0.296 e. The summed E-state index contributed by atoms with van der Waals surface area (Å²) in [7, 11) is 0. The van der Waals surface area contributed by atoms with Crippen LogP contribution in [-0.4, -0.2) is 9.55 Å². The minimum atomic E-state index is 0.0926. The largest absolute Gasteiger partial charge is 0.296 e. The van der Waals surface area contributed by atoms with E-state index in [1.165, 1.54) is 51.4 Å². The van der Waals surface area contributed by atoms with Gasteiger partial charge < -0.3 is 0 Å². The molecule has 0 fully saturated rings. The lowest BCUT2D eigenvalue weighted by molar-refractivity contribution is 0.385. The molecule has 3 nitrogen and oxygen atoms in total. The summed E-state index contributed by atoms with van der Waals surface area (Å²) in [5.41, 5.74) is 0.0926. The van der Waals surface area contributed by atoms with Gasteiger partial charge in [-0.2, -0.15) is 0 Å². The first-order chi connectivity index (χ1) is 9.79. The Labute approximate surface area is 123 Å². The van der Waals surface area contributed by atoms with Crippen LogP contribution >= 0.6 is 0 Å². The molecule has 0 saturated heterocycles. The molecule has 1 rings (SSSR count). The Bertz CT molecular complexity index is 400. The van der Waals surface area contributed by atoms with E-state index in [4.69, 9.17) is 0 Å². The minimum absolute atomic E-state index is 0.0926. The Morgan fingerprint density at radius 2 is 1.60 bits per heavy atom. The van der Waals surface area contributed by atoms with Crippen LogP contribution < -0.4 is 5.56 Å². The molecule has 0 radical (unpaired) electrons. The van der Waals surface area contributed by atoms with Crippen molar-refractivity contribution in [2.24, 2.45) is 0 Å². The first kappa shape index (κ1) is 16.9. The van der Waals surface area contributed by atoms with E-state index < -0.39 is 0 Å². The Morgan fingerprint density at radius 3 is 2.25 bits per heavy atom. The topological polar surface area (TPSA) is 34.9 Å². The maximum Gasteiger partial charge on any atom is 0.253 e. The van der Waals surface area contributed by atoms with Gasteiger partial charge in [0.05, 0.1) is 6.33 Å². The Hall–Kier alpha value is -1.12. The molecule has 0 aliphatic heterocycles. The van der Waals surface area contributed by atoms with Crippen LogP contribution in [0.4, 0.5) is 0 Å². The zero-order chi connectivity index (χ0) is 14.6. The van der Waals surface area contributed by atoms with Gasteiger partial charge in [-0.25, -0.2) is 4.98 Å². The van der Waals surface area contributed by atoms with Crippen LogP contribution in [0.25, 0.3) is 0 Å². The van der Waals surface area contributed by atoms with Gasteiger partial charge in [-0.15, -0.1) is 0 Å². The van der Waals surface area contributed by atoms with Gasteiger partial charge in [0.25, 0.3) is 5.56 Å². The predicted octanol–water partition coefficient (Wildman–Crippen LogP) is 4.73. The van der Waals surface area contributed by atoms with Crippen molar-refractivity contribution in [1.29, 1.82) is 0 Å². The third kappa shape index (κ3) is 6.36. The monoisotopic (exact) mass is 278 g/mol. The molecule has 0 bridgehead atoms. The highest BCUT2D eigenvalue weighted by atomic mass is 16.1. The van der Waals surface area contributed by atoms with Crippen molar-refractivity contribution in [2.45, 2.75) is 84.1 Å². The first-order valence-corrected chi connectivity index (χ1v) is 8.31. The van der Waals surface area contributed by atoms with Gasteiger partial charge in [-0.3, -0.25) is 9.36 Å². The third-order valence-electron chi connectivity index (χ3n) is 3.92. The van der Waals surface area contributed by atoms with Crippen molar-refractivity contribution < 1.29 is 0 Å². The molecular weight excluding hydrogens is 248 g/mol. The second-order valence-electron chi connectivity index (χ2n) is 5.68. The highest BCUT2D eigenvalue weighted by Crippen LogP contribution is 2.21. The fourth-order valence-electron chi connectivity index (χ4n) is 2.67. The predicted molar refractivity (Wildman–Crippen MR) is 85.1 cm³/mol. The average Bonchev–Trinajstić information content (AvgIpc) is 2.46. The molecule has 1 aromatic heterocycles. The van der Waals surface area contributed by atoms with Crippen molar-refractivity contribution in [3.05, 3.63) is 28.9 Å². The number of rotatable bonds is 11. The number of aromatic nitrogens is 2. The van der Waals surface area contributed by atoms with Gasteiger partial charge in [0.1, 0.15) is 0 Å². The number of unbranched alkanes of at least 4 members (excludes halogenated alkanes) is 6. The summed E-state index contributed by atoms with van der Waals surface area (Å²) >= 11 is 0. The van der Waals surface area contributed by atoms with Crippen LogP contribution in [0.15, 0.2) is 23.4 Å². The van der Waals surface area contributed by atoms with E-state index in [0.717, 1.165) is 12.8 Å². The summed E-state index contributed by atoms with van der Waals surface area (Å²) in [4.78, 5) is 16.1. The van der Waals surface area contributed by atoms with Gasteiger partial charge in [0.2, 0.25) is 0 Å². The fourth-order valence-corrected chi connectivity index (χ4v) is 2.67. The van der Waals surface area contributed by atoms with E-state index in [0.29, 0.717) is 6.04 Å². The van der Waals surface area contributed by atoms with Crippen molar-refractivity contribution in [1.82, 2.24) is 9.55 Å². The molecule has 0 aliphatic rings. The van der Waals surface area contributed by atoms with Crippen LogP contribution in [-0.2, 0) is 0 Å². The summed E-state index contributed by atoms with van der Waals surface area (Å²) in [6.07, 6.45) is 15.6. The van der Waals surface area contributed by atoms with Crippen LogP contribution in [0.1, 0.15) is 84.1 Å². The second-order valence-corrected chi connectivity index (χ2v) is 5.68. The summed E-state index contributed by atoms with van der Waals surface area (Å²) < 4.78 is 1.84. The van der Waals surface area contributed by atoms with E-state index in [1.54, 1.807) is 18.6 Å². The normalized spacial score (nSPS) is 12.5. The van der Waals surface area contributed by atoms with Crippen LogP contribution in [0.5, 0.6) is 0 Å². The molecule has 0 saturated carbocycles. The van der Waals surface area contributed by atoms with E-state index in [9.17, 15) is 4.79 Å². The van der Waals surface area contributed by atoms with Crippen molar-refractivity contribution in [3.8, 4) is 0 Å². The van der Waals surface area contributed by atoms with E-state index >= 15 is 0 Å². The quantitative estimate of drug-likeness (QED) is 0.549. The summed E-state index contributed by atoms with van der Waals surface area (Å²) in [5, 5.41) is 0. The molecule has 0 amide bonds. The molecule has 20 heavy (non-hydrogen) atoms. The van der Waals surface area contributed by atoms with Crippen molar-refractivity contribution in [3.63, 3.8) is 0 Å². The van der Waals surface area contributed by atoms with Crippen LogP contribution in [0.3, 0.4) is 0 Å². The molecular formula is C17H30N2O. The first-order valence-electron chi connectivity index (χ1n) is 8.31. The summed E-state index contributed by atoms with van der Waals surface area (Å²) in [6, 6.07) is 1.91. The lowest BCUT2D eigenvalue weighted by Gasteiger charge is -2.19. The molecule has 1 unspecified atom stereocenters. The van der Waals surface area contributed by atoms with Gasteiger partial charge >= 0.3 is 0 Å². The van der Waals surface area contributed by atoms with Crippen LogP contribution in [0.2, 0.25) is 0 Å². The van der Waals surface area contributed by atoms with Gasteiger partial charge in [0, 0.05) is 18.3 Å². The lowest BCUT2D eigenvalue weighted by atomic mass is 10.0. The van der Waals surface area contributed by atoms with E-state index in [1.807, 2.05) is 4.57 Å². The van der Waals surface area contributed by atoms with Crippen molar-refractivity contribution in [2.75, 3.05) is 0 Å². The zero-order valence-electron chi connectivity index (χ0n) is 13.2. The van der Waals surface area contributed by atoms with E-state index in [-0.39, 0.29) is 5.56 Å². The number of hydrogen-bond donors (Lipinski definition) is 0. The maximum atomic E-state index is 12.0. The molecule has 114 valence electrons. The molecule has 0 N–H and O–H groups in total. The molecule has 3 heteroatoms. The molecule has 0 aromatic carbocycles. The Morgan fingerprint density at radius 1 is 1.00 bits per heavy atom. The molecule has 1 heterocycles. The molecule has 0 aliphatic carbocycles. The van der Waals surface area contributed by atoms with Crippen molar-refractivity contribution >= 4 is 0 Å². The summed E-state index contributed by atoms with van der Waals surface area (Å²) in [5.74, 6) is 0. The Balaban J connectivity index is 2.52. The number of hydrogen-bond acceptors (Lipinski definition) is 2. The van der Waals surface area contributed by atoms with Gasteiger partial charge in [-0.1, -0.05) is 65.2 Å². The molecule has 0 spiro atoms. The van der Waals surface area contributed by atoms with Gasteiger partial charge in [0.15, 0.2) is 0 Å². The van der Waals surface area contributed by atoms with E-state index in [2.05, 4.69) is 18.8 Å². The SMILES string of the molecule is CCCCCCCC(CCCCC)n1cnccc1=O. The summed E-state index contributed by atoms with van der Waals surface area (Å²) in [6.45, 7) is 4.46. The smallest absolute Gasteiger partial charge is 0.253 e. The zero-order valence-corrected chi connectivity index (χ0v) is 13.2. The number of nitrogens with zero attached hydrogens (tertiary/aromatic N) is 2. The highest BCUT2D eigenvalue weighted by molar-refractivity contribution is 4.85.